The van der Waals surface area contributed by atoms with E-state index in [-0.39, 0.29) is 16.9 Å². The molecule has 0 aliphatic carbocycles. The molecule has 0 radical (unpaired) electrons. The third-order valence-electron chi connectivity index (χ3n) is 1.85. The van der Waals surface area contributed by atoms with Crippen molar-refractivity contribution in [2.45, 2.75) is 27.7 Å². The Morgan fingerprint density at radius 1 is 1.00 bits per heavy atom. The van der Waals surface area contributed by atoms with Gasteiger partial charge in [-0.3, -0.25) is 19.4 Å². The van der Waals surface area contributed by atoms with Gasteiger partial charge in [0, 0.05) is 26.9 Å². The standard InChI is InChI=1S/C9H16N2O2S/c1-5-10(7(3)12)9(14)11(6-2)8(4)13/h5-6H2,1-4H3. The molecule has 0 aliphatic heterocycles. The Labute approximate surface area is 89.9 Å². The van der Waals surface area contributed by atoms with Gasteiger partial charge in [0.15, 0.2) is 5.11 Å². The summed E-state index contributed by atoms with van der Waals surface area (Å²) >= 11 is 5.06. The molecule has 0 bridgehead atoms. The van der Waals surface area contributed by atoms with Crippen molar-refractivity contribution in [2.24, 2.45) is 0 Å². The maximum Gasteiger partial charge on any atom is 0.225 e. The van der Waals surface area contributed by atoms with Gasteiger partial charge in [0.05, 0.1) is 0 Å². The second-order valence-electron chi connectivity index (χ2n) is 2.81. The predicted molar refractivity (Wildman–Crippen MR) is 58.7 cm³/mol. The number of amides is 2. The van der Waals surface area contributed by atoms with Crippen molar-refractivity contribution in [1.29, 1.82) is 0 Å². The zero-order valence-corrected chi connectivity index (χ0v) is 9.85. The molecule has 0 N–H and O–H groups in total. The summed E-state index contributed by atoms with van der Waals surface area (Å²) in [6, 6.07) is 0. The van der Waals surface area contributed by atoms with Gasteiger partial charge in [-0.25, -0.2) is 0 Å². The van der Waals surface area contributed by atoms with Crippen molar-refractivity contribution in [2.75, 3.05) is 13.1 Å². The minimum atomic E-state index is -0.141. The van der Waals surface area contributed by atoms with Crippen LogP contribution in [0.15, 0.2) is 0 Å². The van der Waals surface area contributed by atoms with Gasteiger partial charge in [0.25, 0.3) is 0 Å². The van der Waals surface area contributed by atoms with Gasteiger partial charge in [0.2, 0.25) is 11.8 Å². The molecule has 0 atom stereocenters. The van der Waals surface area contributed by atoms with Crippen LogP contribution < -0.4 is 0 Å². The number of carbonyl (C=O) groups excluding carboxylic acids is 2. The van der Waals surface area contributed by atoms with Gasteiger partial charge in [0.1, 0.15) is 0 Å². The molecule has 0 aromatic heterocycles. The molecular weight excluding hydrogens is 200 g/mol. The normalized spacial score (nSPS) is 9.43. The number of thiocarbonyl (C=S) groups is 1. The zero-order chi connectivity index (χ0) is 11.3. The average Bonchev–Trinajstić information content (AvgIpc) is 2.04. The second kappa shape index (κ2) is 5.70. The van der Waals surface area contributed by atoms with E-state index in [1.165, 1.54) is 23.6 Å². The first-order valence-electron chi connectivity index (χ1n) is 4.55. The minimum absolute atomic E-state index is 0.141. The highest BCUT2D eigenvalue weighted by Gasteiger charge is 2.20. The SMILES string of the molecule is CCN(C(C)=O)C(=S)N(CC)C(C)=O. The van der Waals surface area contributed by atoms with Gasteiger partial charge in [-0.2, -0.15) is 0 Å². The maximum atomic E-state index is 11.2. The molecule has 0 spiro atoms. The summed E-state index contributed by atoms with van der Waals surface area (Å²) in [4.78, 5) is 25.1. The van der Waals surface area contributed by atoms with E-state index in [1.54, 1.807) is 0 Å². The van der Waals surface area contributed by atoms with Gasteiger partial charge in [-0.05, 0) is 26.1 Å². The lowest BCUT2D eigenvalue weighted by molar-refractivity contribution is -0.127. The molecule has 0 saturated carbocycles. The lowest BCUT2D eigenvalue weighted by Crippen LogP contribution is -2.47. The van der Waals surface area contributed by atoms with Crippen molar-refractivity contribution >= 4 is 29.1 Å². The molecule has 2 amide bonds. The first kappa shape index (κ1) is 13.0. The molecule has 0 aromatic carbocycles. The highest BCUT2D eigenvalue weighted by Crippen LogP contribution is 2.01. The summed E-state index contributed by atoms with van der Waals surface area (Å²) in [6.07, 6.45) is 0. The number of hydrogen-bond donors (Lipinski definition) is 0. The van der Waals surface area contributed by atoms with Crippen LogP contribution in [0.2, 0.25) is 0 Å². The highest BCUT2D eigenvalue weighted by molar-refractivity contribution is 7.80. The Hall–Kier alpha value is -0.970. The molecule has 14 heavy (non-hydrogen) atoms. The van der Waals surface area contributed by atoms with E-state index in [9.17, 15) is 9.59 Å². The number of rotatable bonds is 2. The third kappa shape index (κ3) is 3.06. The fourth-order valence-electron chi connectivity index (χ4n) is 1.13. The maximum absolute atomic E-state index is 11.2. The molecule has 0 heterocycles. The first-order valence-corrected chi connectivity index (χ1v) is 4.96. The zero-order valence-electron chi connectivity index (χ0n) is 9.03. The third-order valence-corrected chi connectivity index (χ3v) is 2.30. The average molecular weight is 216 g/mol. The van der Waals surface area contributed by atoms with E-state index in [1.807, 2.05) is 13.8 Å². The van der Waals surface area contributed by atoms with Crippen molar-refractivity contribution in [3.05, 3.63) is 0 Å². The van der Waals surface area contributed by atoms with Crippen LogP contribution in [0.1, 0.15) is 27.7 Å². The van der Waals surface area contributed by atoms with Crippen molar-refractivity contribution in [3.8, 4) is 0 Å². The molecule has 4 nitrogen and oxygen atoms in total. The Balaban J connectivity index is 4.71. The molecule has 0 unspecified atom stereocenters. The van der Waals surface area contributed by atoms with Crippen molar-refractivity contribution in [1.82, 2.24) is 9.80 Å². The number of carbonyl (C=O) groups is 2. The van der Waals surface area contributed by atoms with Gasteiger partial charge < -0.3 is 0 Å². The Morgan fingerprint density at radius 3 is 1.43 bits per heavy atom. The van der Waals surface area contributed by atoms with Crippen molar-refractivity contribution in [3.63, 3.8) is 0 Å². The molecule has 0 aliphatic rings. The van der Waals surface area contributed by atoms with Gasteiger partial charge >= 0.3 is 0 Å². The van der Waals surface area contributed by atoms with E-state index in [0.29, 0.717) is 13.1 Å². The van der Waals surface area contributed by atoms with Crippen LogP contribution in [-0.2, 0) is 9.59 Å². The van der Waals surface area contributed by atoms with E-state index in [2.05, 4.69) is 0 Å². The Morgan fingerprint density at radius 2 is 1.29 bits per heavy atom. The topological polar surface area (TPSA) is 40.6 Å². The van der Waals surface area contributed by atoms with Crippen LogP contribution in [0, 0.1) is 0 Å². The van der Waals surface area contributed by atoms with E-state index >= 15 is 0 Å². The molecule has 0 aromatic rings. The van der Waals surface area contributed by atoms with E-state index < -0.39 is 0 Å². The number of hydrogen-bond acceptors (Lipinski definition) is 3. The monoisotopic (exact) mass is 216 g/mol. The van der Waals surface area contributed by atoms with Crippen LogP contribution in [-0.4, -0.2) is 39.8 Å². The summed E-state index contributed by atoms with van der Waals surface area (Å²) in [5.74, 6) is -0.283. The summed E-state index contributed by atoms with van der Waals surface area (Å²) in [5.41, 5.74) is 0. The molecule has 5 heteroatoms. The van der Waals surface area contributed by atoms with Crippen LogP contribution in [0.25, 0.3) is 0 Å². The largest absolute Gasteiger partial charge is 0.289 e. The summed E-state index contributed by atoms with van der Waals surface area (Å²) in [7, 11) is 0. The fourth-order valence-corrected chi connectivity index (χ4v) is 1.65. The van der Waals surface area contributed by atoms with E-state index in [4.69, 9.17) is 12.2 Å². The molecule has 0 rings (SSSR count). The minimum Gasteiger partial charge on any atom is -0.289 e. The second-order valence-corrected chi connectivity index (χ2v) is 3.17. The van der Waals surface area contributed by atoms with Crippen LogP contribution >= 0.6 is 12.2 Å². The molecule has 0 fully saturated rings. The molecule has 80 valence electrons. The van der Waals surface area contributed by atoms with E-state index in [0.717, 1.165) is 0 Å². The summed E-state index contributed by atoms with van der Waals surface area (Å²) < 4.78 is 0. The quantitative estimate of drug-likeness (QED) is 0.647. The summed E-state index contributed by atoms with van der Waals surface area (Å²) in [6.45, 7) is 7.48. The fraction of sp³-hybridized carbons (Fsp3) is 0.667. The molecule has 0 saturated heterocycles. The highest BCUT2D eigenvalue weighted by atomic mass is 32.1. The van der Waals surface area contributed by atoms with Crippen molar-refractivity contribution < 1.29 is 9.59 Å². The van der Waals surface area contributed by atoms with Gasteiger partial charge in [-0.1, -0.05) is 0 Å². The number of nitrogens with zero attached hydrogens (tertiary/aromatic N) is 2. The Bertz CT molecular complexity index is 229. The van der Waals surface area contributed by atoms with Gasteiger partial charge in [-0.15, -0.1) is 0 Å². The Kier molecular flexibility index (Phi) is 5.30. The lowest BCUT2D eigenvalue weighted by Gasteiger charge is -2.27. The summed E-state index contributed by atoms with van der Waals surface area (Å²) in [5, 5.41) is 0.287. The first-order chi connectivity index (χ1) is 6.45. The van der Waals surface area contributed by atoms with Crippen LogP contribution in [0.4, 0.5) is 0 Å². The smallest absolute Gasteiger partial charge is 0.225 e. The predicted octanol–water partition coefficient (Wildman–Crippen LogP) is 1.01. The lowest BCUT2D eigenvalue weighted by atomic mass is 10.4. The van der Waals surface area contributed by atoms with Crippen LogP contribution in [0.5, 0.6) is 0 Å². The molecular formula is C9H16N2O2S. The van der Waals surface area contributed by atoms with Crippen LogP contribution in [0.3, 0.4) is 0 Å².